The van der Waals surface area contributed by atoms with Crippen molar-refractivity contribution < 1.29 is 49.0 Å². The number of aliphatic hydroxyl groups is 6. The van der Waals surface area contributed by atoms with E-state index in [1.165, 1.54) is 6.08 Å². The zero-order chi connectivity index (χ0) is 21.2. The van der Waals surface area contributed by atoms with E-state index >= 15 is 0 Å². The maximum Gasteiger partial charge on any atom is 0.208 e. The second kappa shape index (κ2) is 9.06. The Bertz CT molecular complexity index is 566. The van der Waals surface area contributed by atoms with Crippen LogP contribution in [0.5, 0.6) is 0 Å². The van der Waals surface area contributed by atoms with Crippen LogP contribution in [0.3, 0.4) is 0 Å². The fraction of sp³-hybridized carbons (Fsp3) is 0.750. The van der Waals surface area contributed by atoms with Gasteiger partial charge < -0.3 is 44.8 Å². The lowest BCUT2D eigenvalue weighted by Crippen LogP contribution is -2.60. The van der Waals surface area contributed by atoms with Crippen molar-refractivity contribution >= 4 is 0 Å². The standard InChI is InChI=1S/C16H26O9/c1-2-9-10(3-4-17)8(5-18)7-23-15(9)25-16-14(22)13(21)12(20)11(6-19)24-16/h2,7,9-22H,1,3-6H2/t9-,10-,11-,12-,13+,14-,15+,16+/m1/s1/i4D,5D2/t4?,9-,10-,11-,12-,13+,14-,15+,16+. The van der Waals surface area contributed by atoms with Gasteiger partial charge in [-0.2, -0.15) is 0 Å². The maximum absolute atomic E-state index is 10.1. The van der Waals surface area contributed by atoms with Crippen molar-refractivity contribution in [2.45, 2.75) is 43.4 Å². The quantitative estimate of drug-likeness (QED) is 0.277. The molecule has 0 aromatic rings. The van der Waals surface area contributed by atoms with E-state index < -0.39 is 68.6 Å². The summed E-state index contributed by atoms with van der Waals surface area (Å²) in [4.78, 5) is 0. The molecule has 1 unspecified atom stereocenters. The first-order valence-electron chi connectivity index (χ1n) is 9.36. The SMILES string of the molecule is [2H]C(O)C[C@@H]1C(C([2H])([2H])O)=CO[C@@H](O[C@@H]2O[C@H](CO)[C@@H](O)[C@H](O)[C@H]2O)[C@@H]1C=C. The minimum atomic E-state index is -2.78. The summed E-state index contributed by atoms with van der Waals surface area (Å²) in [5, 5.41) is 58.2. The highest BCUT2D eigenvalue weighted by Crippen LogP contribution is 2.36. The van der Waals surface area contributed by atoms with Crippen molar-refractivity contribution in [1.82, 2.24) is 0 Å². The Labute approximate surface area is 149 Å². The largest absolute Gasteiger partial charge is 0.472 e. The second-order valence-electron chi connectivity index (χ2n) is 5.86. The molecule has 0 spiro atoms. The Morgan fingerprint density at radius 1 is 1.16 bits per heavy atom. The molecule has 1 fully saturated rings. The van der Waals surface area contributed by atoms with Crippen molar-refractivity contribution in [2.24, 2.45) is 11.8 Å². The van der Waals surface area contributed by atoms with Crippen LogP contribution in [-0.2, 0) is 14.2 Å². The molecule has 6 N–H and O–H groups in total. The highest BCUT2D eigenvalue weighted by Gasteiger charge is 2.46. The lowest BCUT2D eigenvalue weighted by Gasteiger charge is -2.43. The summed E-state index contributed by atoms with van der Waals surface area (Å²) >= 11 is 0. The van der Waals surface area contributed by atoms with Crippen molar-refractivity contribution in [1.29, 1.82) is 0 Å². The molecule has 0 bridgehead atoms. The van der Waals surface area contributed by atoms with Gasteiger partial charge in [0.25, 0.3) is 0 Å². The molecule has 9 nitrogen and oxygen atoms in total. The molecular weight excluding hydrogens is 336 g/mol. The molecule has 9 heteroatoms. The third-order valence-corrected chi connectivity index (χ3v) is 4.38. The van der Waals surface area contributed by atoms with Gasteiger partial charge in [0, 0.05) is 12.5 Å². The van der Waals surface area contributed by atoms with Crippen LogP contribution in [0.25, 0.3) is 0 Å². The first kappa shape index (κ1) is 16.2. The molecule has 2 aliphatic heterocycles. The van der Waals surface area contributed by atoms with Gasteiger partial charge in [-0.15, -0.1) is 6.58 Å². The topological polar surface area (TPSA) is 149 Å². The van der Waals surface area contributed by atoms with E-state index in [0.717, 1.165) is 6.26 Å². The summed E-state index contributed by atoms with van der Waals surface area (Å²) in [6, 6.07) is 0. The van der Waals surface area contributed by atoms with Crippen molar-refractivity contribution in [2.75, 3.05) is 19.7 Å². The third kappa shape index (κ3) is 4.21. The van der Waals surface area contributed by atoms with E-state index in [0.29, 0.717) is 0 Å². The number of ether oxygens (including phenoxy) is 3. The number of hydrogen-bond acceptors (Lipinski definition) is 9. The molecular formula is C16H26O9. The van der Waals surface area contributed by atoms with Crippen LogP contribution < -0.4 is 0 Å². The van der Waals surface area contributed by atoms with E-state index in [2.05, 4.69) is 6.58 Å². The Morgan fingerprint density at radius 3 is 2.44 bits per heavy atom. The molecule has 0 aliphatic carbocycles. The number of aliphatic hydroxyl groups excluding tert-OH is 5. The highest BCUT2D eigenvalue weighted by atomic mass is 16.8. The molecule has 1 saturated heterocycles. The second-order valence-corrected chi connectivity index (χ2v) is 5.86. The molecule has 2 rings (SSSR count). The zero-order valence-corrected chi connectivity index (χ0v) is 13.4. The molecule has 2 aliphatic rings. The molecule has 0 saturated carbocycles. The molecule has 0 aromatic carbocycles. The lowest BCUT2D eigenvalue weighted by molar-refractivity contribution is -0.339. The minimum Gasteiger partial charge on any atom is -0.472 e. The Hall–Kier alpha value is -1.04. The molecule has 144 valence electrons. The van der Waals surface area contributed by atoms with Gasteiger partial charge in [-0.3, -0.25) is 0 Å². The van der Waals surface area contributed by atoms with Gasteiger partial charge in [-0.25, -0.2) is 0 Å². The molecule has 25 heavy (non-hydrogen) atoms. The normalized spacial score (nSPS) is 45.4. The molecule has 0 amide bonds. The first-order chi connectivity index (χ1) is 13.0. The average molecular weight is 365 g/mol. The summed E-state index contributed by atoms with van der Waals surface area (Å²) < 4.78 is 38.5. The van der Waals surface area contributed by atoms with Crippen LogP contribution in [0.4, 0.5) is 0 Å². The Balaban J connectivity index is 2.25. The first-order valence-corrected chi connectivity index (χ1v) is 7.78. The van der Waals surface area contributed by atoms with Gasteiger partial charge >= 0.3 is 0 Å². The summed E-state index contributed by atoms with van der Waals surface area (Å²) in [7, 11) is 0. The monoisotopic (exact) mass is 365 g/mol. The van der Waals surface area contributed by atoms with Gasteiger partial charge in [0.15, 0.2) is 6.29 Å². The smallest absolute Gasteiger partial charge is 0.208 e. The third-order valence-electron chi connectivity index (χ3n) is 4.38. The molecule has 2 heterocycles. The van der Waals surface area contributed by atoms with E-state index in [4.69, 9.17) is 18.3 Å². The zero-order valence-electron chi connectivity index (χ0n) is 16.4. The van der Waals surface area contributed by atoms with Crippen LogP contribution in [0.15, 0.2) is 24.5 Å². The van der Waals surface area contributed by atoms with Crippen molar-refractivity contribution in [3.63, 3.8) is 0 Å². The van der Waals surface area contributed by atoms with E-state index in [1.54, 1.807) is 0 Å². The van der Waals surface area contributed by atoms with E-state index in [1.807, 2.05) is 0 Å². The maximum atomic E-state index is 10.1. The molecule has 9 atom stereocenters. The summed E-state index contributed by atoms with van der Waals surface area (Å²) in [6.45, 7) is -1.40. The molecule has 0 radical (unpaired) electrons. The van der Waals surface area contributed by atoms with Crippen molar-refractivity contribution in [3.05, 3.63) is 24.5 Å². The van der Waals surface area contributed by atoms with Gasteiger partial charge in [-0.05, 0) is 17.9 Å². The minimum absolute atomic E-state index is 0.225. The Morgan fingerprint density at radius 2 is 1.88 bits per heavy atom. The van der Waals surface area contributed by atoms with Crippen LogP contribution in [0.1, 0.15) is 10.5 Å². The summed E-state index contributed by atoms with van der Waals surface area (Å²) in [6.07, 6.45) is -6.90. The Kier molecular flexibility index (Phi) is 5.85. The van der Waals surface area contributed by atoms with Gasteiger partial charge in [0.1, 0.15) is 24.4 Å². The van der Waals surface area contributed by atoms with Crippen LogP contribution in [0, 0.1) is 11.8 Å². The van der Waals surface area contributed by atoms with Crippen LogP contribution in [0.2, 0.25) is 0 Å². The summed E-state index contributed by atoms with van der Waals surface area (Å²) in [5.74, 6) is -1.79. The van der Waals surface area contributed by atoms with Crippen LogP contribution >= 0.6 is 0 Å². The fourth-order valence-corrected chi connectivity index (χ4v) is 2.93. The van der Waals surface area contributed by atoms with E-state index in [-0.39, 0.29) is 12.0 Å². The fourth-order valence-electron chi connectivity index (χ4n) is 2.93. The number of rotatable bonds is 7. The van der Waals surface area contributed by atoms with Gasteiger partial charge in [0.05, 0.1) is 23.5 Å². The lowest BCUT2D eigenvalue weighted by atomic mass is 9.82. The van der Waals surface area contributed by atoms with E-state index in [9.17, 15) is 30.6 Å². The highest BCUT2D eigenvalue weighted by molar-refractivity contribution is 5.12. The average Bonchev–Trinajstić information content (AvgIpc) is 2.60. The van der Waals surface area contributed by atoms with Gasteiger partial charge in [0.2, 0.25) is 6.29 Å². The van der Waals surface area contributed by atoms with Gasteiger partial charge in [-0.1, -0.05) is 6.08 Å². The van der Waals surface area contributed by atoms with Crippen LogP contribution in [-0.4, -0.2) is 87.4 Å². The summed E-state index contributed by atoms with van der Waals surface area (Å²) in [5.41, 5.74) is -0.225. The predicted octanol–water partition coefficient (Wildman–Crippen LogP) is -2.16. The number of hydrogen-bond donors (Lipinski definition) is 6. The predicted molar refractivity (Wildman–Crippen MR) is 83.8 cm³/mol. The molecule has 0 aromatic heterocycles. The van der Waals surface area contributed by atoms with Crippen molar-refractivity contribution in [3.8, 4) is 0 Å².